The minimum Gasteiger partial charge on any atom is -0.387 e. The van der Waals surface area contributed by atoms with Crippen LogP contribution in [-0.2, 0) is 4.79 Å². The maximum atomic E-state index is 11.2. The van der Waals surface area contributed by atoms with E-state index in [0.29, 0.717) is 0 Å². The third kappa shape index (κ3) is 3.10. The maximum Gasteiger partial charge on any atom is 0.282 e. The summed E-state index contributed by atoms with van der Waals surface area (Å²) in [6.45, 7) is 2.68. The van der Waals surface area contributed by atoms with Gasteiger partial charge in [0.15, 0.2) is 0 Å². The molecule has 0 spiro atoms. The summed E-state index contributed by atoms with van der Waals surface area (Å²) >= 11 is 0. The predicted octanol–water partition coefficient (Wildman–Crippen LogP) is 1.76. The van der Waals surface area contributed by atoms with Crippen molar-refractivity contribution in [1.29, 1.82) is 0 Å². The molecule has 0 aliphatic carbocycles. The molecular weight excluding hydrogens is 256 g/mol. The normalized spacial score (nSPS) is 13.6. The van der Waals surface area contributed by atoms with Crippen LogP contribution in [0.3, 0.4) is 0 Å². The number of aliphatic hydroxyl groups excluding tert-OH is 1. The van der Waals surface area contributed by atoms with Crippen LogP contribution in [0.5, 0.6) is 0 Å². The van der Waals surface area contributed by atoms with Crippen molar-refractivity contribution in [3.05, 3.63) is 44.0 Å². The predicted molar refractivity (Wildman–Crippen MR) is 64.6 cm³/mol. The van der Waals surface area contributed by atoms with Crippen molar-refractivity contribution in [3.8, 4) is 0 Å². The number of hydrogen-bond donors (Lipinski definition) is 1. The molecular formula is C11H12N2O6. The third-order valence-corrected chi connectivity index (χ3v) is 2.86. The molecule has 0 saturated carbocycles. The summed E-state index contributed by atoms with van der Waals surface area (Å²) in [5.74, 6) is -1.17. The van der Waals surface area contributed by atoms with Crippen LogP contribution >= 0.6 is 0 Å². The number of nitro groups is 2. The lowest BCUT2D eigenvalue weighted by Gasteiger charge is -2.16. The number of carbonyl (C=O) groups excluding carboxylic acids is 1. The molecule has 1 aromatic carbocycles. The van der Waals surface area contributed by atoms with Gasteiger partial charge in [-0.05, 0) is 13.0 Å². The first kappa shape index (κ1) is 14.7. The van der Waals surface area contributed by atoms with Crippen LogP contribution in [0, 0.1) is 26.1 Å². The van der Waals surface area contributed by atoms with Crippen molar-refractivity contribution in [2.75, 3.05) is 0 Å². The SMILES string of the molecule is CC(=O)[C@H](C)[C@H](O)c1ccc([N+](=O)[O-])cc1[N+](=O)[O-]. The summed E-state index contributed by atoms with van der Waals surface area (Å²) in [4.78, 5) is 31.0. The van der Waals surface area contributed by atoms with Crippen LogP contribution < -0.4 is 0 Å². The molecule has 0 aliphatic rings. The lowest BCUT2D eigenvalue weighted by atomic mass is 9.93. The van der Waals surface area contributed by atoms with Crippen molar-refractivity contribution in [1.82, 2.24) is 0 Å². The molecule has 0 bridgehead atoms. The van der Waals surface area contributed by atoms with E-state index in [1.54, 1.807) is 0 Å². The molecule has 0 saturated heterocycles. The molecule has 8 heteroatoms. The lowest BCUT2D eigenvalue weighted by molar-refractivity contribution is -0.395. The van der Waals surface area contributed by atoms with Gasteiger partial charge in [0.2, 0.25) is 0 Å². The minimum absolute atomic E-state index is 0.113. The van der Waals surface area contributed by atoms with Gasteiger partial charge in [-0.1, -0.05) is 6.92 Å². The number of benzene rings is 1. The Morgan fingerprint density at radius 2 is 1.84 bits per heavy atom. The lowest BCUT2D eigenvalue weighted by Crippen LogP contribution is -2.17. The van der Waals surface area contributed by atoms with Gasteiger partial charge in [0.05, 0.1) is 27.6 Å². The van der Waals surface area contributed by atoms with Gasteiger partial charge in [-0.25, -0.2) is 0 Å². The molecule has 0 fully saturated rings. The zero-order chi connectivity index (χ0) is 14.7. The third-order valence-electron chi connectivity index (χ3n) is 2.86. The molecule has 0 unspecified atom stereocenters. The molecule has 2 atom stereocenters. The van der Waals surface area contributed by atoms with Crippen LogP contribution in [-0.4, -0.2) is 20.7 Å². The van der Waals surface area contributed by atoms with E-state index in [-0.39, 0.29) is 11.3 Å². The number of hydrogen-bond acceptors (Lipinski definition) is 6. The van der Waals surface area contributed by atoms with Crippen LogP contribution in [0.2, 0.25) is 0 Å². The fourth-order valence-corrected chi connectivity index (χ4v) is 1.55. The van der Waals surface area contributed by atoms with Gasteiger partial charge in [-0.15, -0.1) is 0 Å². The smallest absolute Gasteiger partial charge is 0.282 e. The number of carbonyl (C=O) groups is 1. The van der Waals surface area contributed by atoms with Crippen LogP contribution in [0.25, 0.3) is 0 Å². The maximum absolute atomic E-state index is 11.2. The van der Waals surface area contributed by atoms with E-state index in [2.05, 4.69) is 0 Å². The number of aliphatic hydroxyl groups is 1. The summed E-state index contributed by atoms with van der Waals surface area (Å²) < 4.78 is 0. The van der Waals surface area contributed by atoms with E-state index in [9.17, 15) is 30.1 Å². The van der Waals surface area contributed by atoms with E-state index in [1.165, 1.54) is 13.8 Å². The molecule has 1 N–H and O–H groups in total. The molecule has 19 heavy (non-hydrogen) atoms. The Morgan fingerprint density at radius 1 is 1.26 bits per heavy atom. The second kappa shape index (κ2) is 5.53. The second-order valence-electron chi connectivity index (χ2n) is 4.10. The van der Waals surface area contributed by atoms with Gasteiger partial charge >= 0.3 is 0 Å². The average Bonchev–Trinajstić information content (AvgIpc) is 2.35. The van der Waals surface area contributed by atoms with Gasteiger partial charge in [-0.3, -0.25) is 25.0 Å². The van der Waals surface area contributed by atoms with E-state index in [1.807, 2.05) is 0 Å². The Labute approximate surface area is 108 Å². The highest BCUT2D eigenvalue weighted by atomic mass is 16.6. The van der Waals surface area contributed by atoms with Gasteiger partial charge in [0.1, 0.15) is 5.78 Å². The highest BCUT2D eigenvalue weighted by Gasteiger charge is 2.29. The molecule has 1 rings (SSSR count). The summed E-state index contributed by atoms with van der Waals surface area (Å²) in [6.07, 6.45) is -1.38. The molecule has 8 nitrogen and oxygen atoms in total. The number of rotatable bonds is 5. The second-order valence-corrected chi connectivity index (χ2v) is 4.10. The highest BCUT2D eigenvalue weighted by molar-refractivity contribution is 5.79. The number of nitro benzene ring substituents is 2. The average molecular weight is 268 g/mol. The fourth-order valence-electron chi connectivity index (χ4n) is 1.55. The topological polar surface area (TPSA) is 124 Å². The monoisotopic (exact) mass is 268 g/mol. The number of Topliss-reactive ketones (excluding diaryl/α,β-unsaturated/α-hetero) is 1. The quantitative estimate of drug-likeness (QED) is 0.640. The Balaban J connectivity index is 3.31. The summed E-state index contributed by atoms with van der Waals surface area (Å²) in [5, 5.41) is 31.4. The zero-order valence-electron chi connectivity index (χ0n) is 10.3. The van der Waals surface area contributed by atoms with E-state index < -0.39 is 33.2 Å². The molecule has 0 radical (unpaired) electrons. The Hall–Kier alpha value is -2.35. The molecule has 0 aromatic heterocycles. The first-order valence-corrected chi connectivity index (χ1v) is 5.37. The zero-order valence-corrected chi connectivity index (χ0v) is 10.3. The van der Waals surface area contributed by atoms with E-state index >= 15 is 0 Å². The fraction of sp³-hybridized carbons (Fsp3) is 0.364. The minimum atomic E-state index is -1.38. The first-order valence-electron chi connectivity index (χ1n) is 5.37. The van der Waals surface area contributed by atoms with Crippen LogP contribution in [0.1, 0.15) is 25.5 Å². The van der Waals surface area contributed by atoms with Gasteiger partial charge in [0.25, 0.3) is 11.4 Å². The summed E-state index contributed by atoms with van der Waals surface area (Å²) in [7, 11) is 0. The number of non-ortho nitro benzene ring substituents is 1. The van der Waals surface area contributed by atoms with Gasteiger partial charge in [0, 0.05) is 12.0 Å². The van der Waals surface area contributed by atoms with Crippen molar-refractivity contribution in [2.24, 2.45) is 5.92 Å². The Bertz CT molecular complexity index is 542. The van der Waals surface area contributed by atoms with Gasteiger partial charge in [-0.2, -0.15) is 0 Å². The largest absolute Gasteiger partial charge is 0.387 e. The highest BCUT2D eigenvalue weighted by Crippen LogP contribution is 2.33. The van der Waals surface area contributed by atoms with Crippen molar-refractivity contribution in [3.63, 3.8) is 0 Å². The number of nitrogens with zero attached hydrogens (tertiary/aromatic N) is 2. The molecule has 0 heterocycles. The van der Waals surface area contributed by atoms with Gasteiger partial charge < -0.3 is 5.11 Å². The van der Waals surface area contributed by atoms with Crippen LogP contribution in [0.15, 0.2) is 18.2 Å². The molecule has 0 amide bonds. The summed E-state index contributed by atoms with van der Waals surface area (Å²) in [6, 6.07) is 2.92. The number of ketones is 1. The molecule has 1 aromatic rings. The van der Waals surface area contributed by atoms with E-state index in [4.69, 9.17) is 0 Å². The van der Waals surface area contributed by atoms with Crippen molar-refractivity contribution in [2.45, 2.75) is 20.0 Å². The first-order chi connectivity index (χ1) is 8.75. The molecule has 0 aliphatic heterocycles. The Morgan fingerprint density at radius 3 is 2.26 bits per heavy atom. The van der Waals surface area contributed by atoms with Crippen molar-refractivity contribution < 1.29 is 19.7 Å². The van der Waals surface area contributed by atoms with E-state index in [0.717, 1.165) is 18.2 Å². The standard InChI is InChI=1S/C11H12N2O6/c1-6(7(2)14)11(15)9-4-3-8(12(16)17)5-10(9)13(18)19/h3-6,11,15H,1-2H3/t6-,11-/m0/s1. The summed E-state index contributed by atoms with van der Waals surface area (Å²) in [5.41, 5.74) is -1.13. The van der Waals surface area contributed by atoms with Crippen molar-refractivity contribution >= 4 is 17.2 Å². The molecule has 102 valence electrons. The Kier molecular flexibility index (Phi) is 4.28. The van der Waals surface area contributed by atoms with Crippen LogP contribution in [0.4, 0.5) is 11.4 Å².